The Balaban J connectivity index is 3.59. The molecule has 0 saturated carbocycles. The molecule has 0 aliphatic heterocycles. The van der Waals surface area contributed by atoms with Crippen LogP contribution in [0.1, 0.15) is 65.7 Å². The zero-order valence-electron chi connectivity index (χ0n) is 16.0. The Morgan fingerprint density at radius 1 is 0.708 bits per heavy atom. The van der Waals surface area contributed by atoms with E-state index >= 15 is 0 Å². The van der Waals surface area contributed by atoms with E-state index < -0.39 is 0 Å². The highest BCUT2D eigenvalue weighted by atomic mass is 16.1. The van der Waals surface area contributed by atoms with Crippen molar-refractivity contribution in [1.29, 1.82) is 0 Å². The highest BCUT2D eigenvalue weighted by Crippen LogP contribution is 2.00. The predicted molar refractivity (Wildman–Crippen MR) is 107 cm³/mol. The fraction of sp³-hybridized carbons (Fsp3) is 0.591. The molecule has 0 aliphatic rings. The van der Waals surface area contributed by atoms with Crippen molar-refractivity contribution in [2.75, 3.05) is 19.6 Å². The molecule has 0 aliphatic carbocycles. The number of carbonyl (C=O) groups excluding carboxylic acids is 1. The van der Waals surface area contributed by atoms with Crippen molar-refractivity contribution in [2.45, 2.75) is 65.7 Å². The predicted octanol–water partition coefficient (Wildman–Crippen LogP) is 5.87. The van der Waals surface area contributed by atoms with Crippen LogP contribution in [0.2, 0.25) is 0 Å². The van der Waals surface area contributed by atoms with E-state index in [1.54, 1.807) is 0 Å². The first-order valence-corrected chi connectivity index (χ1v) is 9.58. The van der Waals surface area contributed by atoms with Gasteiger partial charge in [-0.15, -0.1) is 0 Å². The van der Waals surface area contributed by atoms with Crippen LogP contribution in [0, 0.1) is 0 Å². The third-order valence-electron chi connectivity index (χ3n) is 3.91. The van der Waals surface area contributed by atoms with Gasteiger partial charge in [-0.2, -0.15) is 0 Å². The summed E-state index contributed by atoms with van der Waals surface area (Å²) in [4.78, 5) is 14.1. The lowest BCUT2D eigenvalue weighted by molar-refractivity contribution is -0.119. The van der Waals surface area contributed by atoms with Crippen LogP contribution in [-0.2, 0) is 4.79 Å². The van der Waals surface area contributed by atoms with E-state index in [1.807, 2.05) is 0 Å². The van der Waals surface area contributed by atoms with Gasteiger partial charge in [0.05, 0.1) is 0 Å². The Hall–Kier alpha value is -1.41. The number of nitrogens with zero attached hydrogens (tertiary/aromatic N) is 1. The first kappa shape index (κ1) is 22.6. The zero-order valence-corrected chi connectivity index (χ0v) is 16.0. The lowest BCUT2D eigenvalue weighted by atomic mass is 10.1. The van der Waals surface area contributed by atoms with Gasteiger partial charge in [-0.3, -0.25) is 4.79 Å². The summed E-state index contributed by atoms with van der Waals surface area (Å²) in [5.74, 6) is 0.379. The summed E-state index contributed by atoms with van der Waals surface area (Å²) in [6, 6.07) is 0. The summed E-state index contributed by atoms with van der Waals surface area (Å²) in [5.41, 5.74) is 0. The molecule has 136 valence electrons. The van der Waals surface area contributed by atoms with Crippen LogP contribution in [-0.4, -0.2) is 30.3 Å². The van der Waals surface area contributed by atoms with Gasteiger partial charge in [0.2, 0.25) is 0 Å². The molecule has 0 N–H and O–H groups in total. The minimum absolute atomic E-state index is 0.379. The molecule has 0 aromatic rings. The van der Waals surface area contributed by atoms with Crippen LogP contribution in [0.15, 0.2) is 48.6 Å². The minimum Gasteiger partial charge on any atom is -0.303 e. The number of allylic oxidation sites excluding steroid dienone is 8. The third kappa shape index (κ3) is 15.5. The average Bonchev–Trinajstić information content (AvgIpc) is 2.60. The lowest BCUT2D eigenvalue weighted by Gasteiger charge is -2.16. The molecule has 0 unspecified atom stereocenters. The van der Waals surface area contributed by atoms with Crippen molar-refractivity contribution < 1.29 is 4.79 Å². The summed E-state index contributed by atoms with van der Waals surface area (Å²) in [6.07, 6.45) is 23.8. The van der Waals surface area contributed by atoms with Crippen LogP contribution in [0.4, 0.5) is 0 Å². The molecule has 2 heteroatoms. The molecule has 0 amide bonds. The van der Waals surface area contributed by atoms with E-state index in [4.69, 9.17) is 0 Å². The van der Waals surface area contributed by atoms with Gasteiger partial charge < -0.3 is 4.90 Å². The summed E-state index contributed by atoms with van der Waals surface area (Å²) < 4.78 is 0. The summed E-state index contributed by atoms with van der Waals surface area (Å²) in [7, 11) is 0. The fourth-order valence-electron chi connectivity index (χ4n) is 2.29. The normalized spacial score (nSPS) is 12.7. The van der Waals surface area contributed by atoms with Gasteiger partial charge in [-0.1, -0.05) is 69.4 Å². The Bertz CT molecular complexity index is 400. The molecule has 0 rings (SSSR count). The standard InChI is InChI=1S/C22H37NO/c1-4-7-8-9-10-11-12-13-14-15-16-17-18-19-22(24)20-21-23(5-2)6-3/h7-8,10-11,13-14,16-17H,4-6,9,12,15,18-21H2,1-3H3/b8-7-,11-10-,14-13-,17-16-. The van der Waals surface area contributed by atoms with E-state index in [9.17, 15) is 4.79 Å². The van der Waals surface area contributed by atoms with Gasteiger partial charge in [0.1, 0.15) is 5.78 Å². The average molecular weight is 332 g/mol. The maximum absolute atomic E-state index is 11.8. The minimum atomic E-state index is 0.379. The number of hydrogen-bond donors (Lipinski definition) is 0. The number of rotatable bonds is 15. The molecule has 0 spiro atoms. The zero-order chi connectivity index (χ0) is 17.9. The van der Waals surface area contributed by atoms with Crippen molar-refractivity contribution in [3.63, 3.8) is 0 Å². The SMILES string of the molecule is CC/C=C\C/C=C\C/C=C\C/C=C\CCC(=O)CCN(CC)CC. The fourth-order valence-corrected chi connectivity index (χ4v) is 2.29. The maximum atomic E-state index is 11.8. The molecule has 0 aromatic carbocycles. The molecular weight excluding hydrogens is 294 g/mol. The van der Waals surface area contributed by atoms with Crippen LogP contribution >= 0.6 is 0 Å². The second-order valence-corrected chi connectivity index (χ2v) is 5.86. The van der Waals surface area contributed by atoms with Gasteiger partial charge >= 0.3 is 0 Å². The summed E-state index contributed by atoms with van der Waals surface area (Å²) in [6.45, 7) is 9.40. The third-order valence-corrected chi connectivity index (χ3v) is 3.91. The number of carbonyl (C=O) groups is 1. The van der Waals surface area contributed by atoms with E-state index in [2.05, 4.69) is 74.3 Å². The molecule has 24 heavy (non-hydrogen) atoms. The second kappa shape index (κ2) is 17.9. The van der Waals surface area contributed by atoms with Gasteiger partial charge in [-0.25, -0.2) is 0 Å². The molecule has 0 aromatic heterocycles. The molecule has 0 saturated heterocycles. The van der Waals surface area contributed by atoms with Crippen molar-refractivity contribution in [3.05, 3.63) is 48.6 Å². The van der Waals surface area contributed by atoms with Crippen LogP contribution in [0.25, 0.3) is 0 Å². The smallest absolute Gasteiger partial charge is 0.134 e. The highest BCUT2D eigenvalue weighted by Gasteiger charge is 2.04. The Morgan fingerprint density at radius 3 is 1.71 bits per heavy atom. The Labute approximate surface area is 150 Å². The largest absolute Gasteiger partial charge is 0.303 e. The van der Waals surface area contributed by atoms with E-state index in [1.165, 1.54) is 0 Å². The van der Waals surface area contributed by atoms with Crippen LogP contribution in [0.3, 0.4) is 0 Å². The molecule has 2 nitrogen and oxygen atoms in total. The van der Waals surface area contributed by atoms with Gasteiger partial charge in [0, 0.05) is 19.4 Å². The summed E-state index contributed by atoms with van der Waals surface area (Å²) >= 11 is 0. The molecular formula is C22H37NO. The molecule has 0 fully saturated rings. The monoisotopic (exact) mass is 331 g/mol. The van der Waals surface area contributed by atoms with E-state index in [0.717, 1.165) is 51.7 Å². The molecule has 0 atom stereocenters. The van der Waals surface area contributed by atoms with E-state index in [0.29, 0.717) is 18.6 Å². The van der Waals surface area contributed by atoms with Gasteiger partial charge in [0.25, 0.3) is 0 Å². The van der Waals surface area contributed by atoms with E-state index in [-0.39, 0.29) is 0 Å². The first-order valence-electron chi connectivity index (χ1n) is 9.58. The molecule has 0 radical (unpaired) electrons. The van der Waals surface area contributed by atoms with Crippen molar-refractivity contribution in [1.82, 2.24) is 4.90 Å². The van der Waals surface area contributed by atoms with Crippen molar-refractivity contribution in [2.24, 2.45) is 0 Å². The Kier molecular flexibility index (Phi) is 16.9. The van der Waals surface area contributed by atoms with Gasteiger partial charge in [-0.05, 0) is 45.2 Å². The second-order valence-electron chi connectivity index (χ2n) is 5.86. The summed E-state index contributed by atoms with van der Waals surface area (Å²) in [5, 5.41) is 0. The maximum Gasteiger partial charge on any atom is 0.134 e. The van der Waals surface area contributed by atoms with Gasteiger partial charge in [0.15, 0.2) is 0 Å². The van der Waals surface area contributed by atoms with Crippen molar-refractivity contribution >= 4 is 5.78 Å². The number of ketones is 1. The Morgan fingerprint density at radius 2 is 1.21 bits per heavy atom. The molecule has 0 heterocycles. The number of hydrogen-bond acceptors (Lipinski definition) is 2. The van der Waals surface area contributed by atoms with Crippen LogP contribution < -0.4 is 0 Å². The topological polar surface area (TPSA) is 20.3 Å². The molecule has 0 bridgehead atoms. The first-order chi connectivity index (χ1) is 11.7. The quantitative estimate of drug-likeness (QED) is 0.350. The lowest BCUT2D eigenvalue weighted by Crippen LogP contribution is -2.25. The highest BCUT2D eigenvalue weighted by molar-refractivity contribution is 5.78. The van der Waals surface area contributed by atoms with Crippen molar-refractivity contribution in [3.8, 4) is 0 Å². The van der Waals surface area contributed by atoms with Crippen LogP contribution in [0.5, 0.6) is 0 Å². The number of Topliss-reactive ketones (excluding diaryl/α,β-unsaturated/α-hetero) is 1.